The Labute approximate surface area is 183 Å². The number of aromatic amines is 1. The highest BCUT2D eigenvalue weighted by molar-refractivity contribution is 5.93. The number of aromatic nitrogens is 5. The van der Waals surface area contributed by atoms with Crippen LogP contribution in [-0.4, -0.2) is 62.4 Å². The number of piperazine rings is 1. The van der Waals surface area contributed by atoms with Crippen LogP contribution in [0.25, 0.3) is 22.5 Å². The Morgan fingerprint density at radius 2 is 1.56 bits per heavy atom. The van der Waals surface area contributed by atoms with Crippen LogP contribution in [-0.2, 0) is 0 Å². The maximum Gasteiger partial charge on any atom is 0.272 e. The first-order chi connectivity index (χ1) is 15.7. The predicted molar refractivity (Wildman–Crippen MR) is 117 cm³/mol. The molecule has 1 saturated heterocycles. The molecule has 0 saturated carbocycles. The molecule has 0 atom stereocenters. The van der Waals surface area contributed by atoms with E-state index in [1.165, 1.54) is 12.1 Å². The van der Waals surface area contributed by atoms with Crippen molar-refractivity contribution in [3.05, 3.63) is 78.5 Å². The van der Waals surface area contributed by atoms with Crippen LogP contribution in [0.2, 0.25) is 0 Å². The maximum absolute atomic E-state index is 13.1. The van der Waals surface area contributed by atoms with E-state index in [1.54, 1.807) is 35.5 Å². The molecule has 4 heterocycles. The van der Waals surface area contributed by atoms with E-state index in [4.69, 9.17) is 0 Å². The number of anilines is 1. The quantitative estimate of drug-likeness (QED) is 0.536. The molecule has 0 unspecified atom stereocenters. The van der Waals surface area contributed by atoms with Crippen molar-refractivity contribution < 1.29 is 9.18 Å². The third-order valence-corrected chi connectivity index (χ3v) is 5.47. The molecule has 9 heteroatoms. The average Bonchev–Trinajstić information content (AvgIpc) is 3.35. The number of nitrogens with one attached hydrogen (secondary N) is 1. The molecule has 5 rings (SSSR count). The highest BCUT2D eigenvalue weighted by atomic mass is 19.1. The molecular formula is C23H20FN7O. The lowest BCUT2D eigenvalue weighted by Crippen LogP contribution is -2.49. The normalized spacial score (nSPS) is 13.9. The Kier molecular flexibility index (Phi) is 5.29. The minimum absolute atomic E-state index is 0.107. The van der Waals surface area contributed by atoms with E-state index in [2.05, 4.69) is 30.3 Å². The number of amides is 1. The van der Waals surface area contributed by atoms with Crippen LogP contribution in [0.15, 0.2) is 67.0 Å². The fourth-order valence-corrected chi connectivity index (χ4v) is 3.68. The summed E-state index contributed by atoms with van der Waals surface area (Å²) in [5, 5.41) is 15.7. The second-order valence-corrected chi connectivity index (χ2v) is 7.47. The fourth-order valence-electron chi connectivity index (χ4n) is 3.68. The molecule has 0 bridgehead atoms. The summed E-state index contributed by atoms with van der Waals surface area (Å²) < 4.78 is 13.1. The van der Waals surface area contributed by atoms with E-state index < -0.39 is 0 Å². The molecule has 4 aromatic rings. The summed E-state index contributed by atoms with van der Waals surface area (Å²) in [6.07, 6.45) is 3.45. The smallest absolute Gasteiger partial charge is 0.272 e. The third kappa shape index (κ3) is 4.04. The van der Waals surface area contributed by atoms with E-state index in [0.29, 0.717) is 37.6 Å². The standard InChI is InChI=1S/C23H20FN7O/c24-18-3-1-16(2-4-18)20-15-21(28-27-20)23(32)31-13-11-30(12-14-31)22-6-5-19(26-29-22)17-7-9-25-10-8-17/h1-10,15H,11-14H2,(H,27,28). The van der Waals surface area contributed by atoms with Gasteiger partial charge in [-0.05, 0) is 54.6 Å². The van der Waals surface area contributed by atoms with Gasteiger partial charge in [0, 0.05) is 49.7 Å². The van der Waals surface area contributed by atoms with Crippen molar-refractivity contribution in [3.63, 3.8) is 0 Å². The maximum atomic E-state index is 13.1. The van der Waals surface area contributed by atoms with Crippen molar-refractivity contribution in [2.45, 2.75) is 0 Å². The number of hydrogen-bond donors (Lipinski definition) is 1. The zero-order valence-corrected chi connectivity index (χ0v) is 17.1. The molecule has 1 aliphatic heterocycles. The highest BCUT2D eigenvalue weighted by Gasteiger charge is 2.24. The van der Waals surface area contributed by atoms with Crippen LogP contribution in [0.3, 0.4) is 0 Å². The lowest BCUT2D eigenvalue weighted by atomic mass is 10.1. The van der Waals surface area contributed by atoms with Gasteiger partial charge in [0.05, 0.1) is 11.4 Å². The molecular weight excluding hydrogens is 409 g/mol. The van der Waals surface area contributed by atoms with Gasteiger partial charge in [0.2, 0.25) is 0 Å². The average molecular weight is 429 g/mol. The fraction of sp³-hybridized carbons (Fsp3) is 0.174. The van der Waals surface area contributed by atoms with E-state index in [-0.39, 0.29) is 11.7 Å². The van der Waals surface area contributed by atoms with Crippen LogP contribution in [0.4, 0.5) is 10.2 Å². The van der Waals surface area contributed by atoms with Gasteiger partial charge in [0.25, 0.3) is 5.91 Å². The summed E-state index contributed by atoms with van der Waals surface area (Å²) in [4.78, 5) is 20.8. The van der Waals surface area contributed by atoms with Gasteiger partial charge in [-0.25, -0.2) is 4.39 Å². The number of carbonyl (C=O) groups is 1. The second-order valence-electron chi connectivity index (χ2n) is 7.47. The zero-order chi connectivity index (χ0) is 21.9. The minimum atomic E-state index is -0.310. The number of benzene rings is 1. The molecule has 8 nitrogen and oxygen atoms in total. The van der Waals surface area contributed by atoms with Crippen molar-refractivity contribution in [2.75, 3.05) is 31.1 Å². The Hall–Kier alpha value is -4.14. The van der Waals surface area contributed by atoms with Gasteiger partial charge in [-0.2, -0.15) is 5.10 Å². The molecule has 1 amide bonds. The lowest BCUT2D eigenvalue weighted by molar-refractivity contribution is 0.0740. The lowest BCUT2D eigenvalue weighted by Gasteiger charge is -2.34. The number of rotatable bonds is 4. The first kappa shape index (κ1) is 19.8. The van der Waals surface area contributed by atoms with Gasteiger partial charge in [0.1, 0.15) is 11.5 Å². The first-order valence-corrected chi connectivity index (χ1v) is 10.3. The van der Waals surface area contributed by atoms with Crippen molar-refractivity contribution in [1.29, 1.82) is 0 Å². The molecule has 0 spiro atoms. The molecule has 1 N–H and O–H groups in total. The minimum Gasteiger partial charge on any atom is -0.352 e. The number of nitrogens with zero attached hydrogens (tertiary/aromatic N) is 6. The van der Waals surface area contributed by atoms with Gasteiger partial charge in [-0.1, -0.05) is 0 Å². The largest absolute Gasteiger partial charge is 0.352 e. The molecule has 3 aromatic heterocycles. The molecule has 0 aliphatic carbocycles. The van der Waals surface area contributed by atoms with Crippen LogP contribution < -0.4 is 4.90 Å². The molecule has 0 radical (unpaired) electrons. The van der Waals surface area contributed by atoms with E-state index in [1.807, 2.05) is 24.3 Å². The van der Waals surface area contributed by atoms with Crippen LogP contribution in [0.5, 0.6) is 0 Å². The summed E-state index contributed by atoms with van der Waals surface area (Å²) in [5.74, 6) is 0.370. The van der Waals surface area contributed by atoms with Crippen LogP contribution >= 0.6 is 0 Å². The van der Waals surface area contributed by atoms with Crippen molar-refractivity contribution in [1.82, 2.24) is 30.3 Å². The molecule has 1 aliphatic rings. The van der Waals surface area contributed by atoms with Crippen molar-refractivity contribution in [3.8, 4) is 22.5 Å². The summed E-state index contributed by atoms with van der Waals surface area (Å²) in [7, 11) is 0. The van der Waals surface area contributed by atoms with Gasteiger partial charge >= 0.3 is 0 Å². The van der Waals surface area contributed by atoms with E-state index in [9.17, 15) is 9.18 Å². The monoisotopic (exact) mass is 429 g/mol. The Morgan fingerprint density at radius 3 is 2.25 bits per heavy atom. The highest BCUT2D eigenvalue weighted by Crippen LogP contribution is 2.21. The van der Waals surface area contributed by atoms with Gasteiger partial charge in [-0.15, -0.1) is 10.2 Å². The SMILES string of the molecule is O=C(c1cc(-c2ccc(F)cc2)n[nH]1)N1CCN(c2ccc(-c3ccncc3)nn2)CC1. The second kappa shape index (κ2) is 8.54. The summed E-state index contributed by atoms with van der Waals surface area (Å²) in [6.45, 7) is 2.46. The van der Waals surface area contributed by atoms with Gasteiger partial charge in [-0.3, -0.25) is 14.9 Å². The molecule has 1 fully saturated rings. The third-order valence-electron chi connectivity index (χ3n) is 5.47. The topological polar surface area (TPSA) is 90.9 Å². The van der Waals surface area contributed by atoms with Crippen LogP contribution in [0, 0.1) is 5.82 Å². The first-order valence-electron chi connectivity index (χ1n) is 10.3. The van der Waals surface area contributed by atoms with E-state index >= 15 is 0 Å². The Balaban J connectivity index is 1.21. The van der Waals surface area contributed by atoms with E-state index in [0.717, 1.165) is 22.6 Å². The van der Waals surface area contributed by atoms with Gasteiger partial charge in [0.15, 0.2) is 5.82 Å². The summed E-state index contributed by atoms with van der Waals surface area (Å²) in [6, 6.07) is 15.4. The van der Waals surface area contributed by atoms with Crippen molar-refractivity contribution in [2.24, 2.45) is 0 Å². The predicted octanol–water partition coefficient (Wildman–Crippen LogP) is 3.03. The number of hydrogen-bond acceptors (Lipinski definition) is 6. The van der Waals surface area contributed by atoms with Gasteiger partial charge < -0.3 is 9.80 Å². The molecule has 160 valence electrons. The Bertz CT molecular complexity index is 1200. The number of pyridine rings is 1. The van der Waals surface area contributed by atoms with Crippen molar-refractivity contribution >= 4 is 11.7 Å². The number of halogens is 1. The number of carbonyl (C=O) groups excluding carboxylic acids is 1. The summed E-state index contributed by atoms with van der Waals surface area (Å²) in [5.41, 5.74) is 3.53. The molecule has 32 heavy (non-hydrogen) atoms. The summed E-state index contributed by atoms with van der Waals surface area (Å²) >= 11 is 0. The number of H-pyrrole nitrogens is 1. The Morgan fingerprint density at radius 1 is 0.844 bits per heavy atom. The van der Waals surface area contributed by atoms with Crippen LogP contribution in [0.1, 0.15) is 10.5 Å². The molecule has 1 aromatic carbocycles. The zero-order valence-electron chi connectivity index (χ0n) is 17.1.